The van der Waals surface area contributed by atoms with E-state index in [1.807, 2.05) is 0 Å². The number of hydrogen-bond acceptors (Lipinski definition) is 9. The molecule has 0 saturated carbocycles. The predicted octanol–water partition coefficient (Wildman–Crippen LogP) is 1.71. The van der Waals surface area contributed by atoms with E-state index in [2.05, 4.69) is 36.2 Å². The van der Waals surface area contributed by atoms with Gasteiger partial charge in [-0.1, -0.05) is 0 Å². The molecular formula is C21H24N8O2S. The number of piperidine rings is 1. The van der Waals surface area contributed by atoms with Crippen molar-refractivity contribution in [2.24, 2.45) is 0 Å². The Bertz CT molecular complexity index is 1110. The van der Waals surface area contributed by atoms with Crippen LogP contribution in [0.4, 0.5) is 17.1 Å². The van der Waals surface area contributed by atoms with E-state index < -0.39 is 11.4 Å². The molecule has 1 aromatic carbocycles. The summed E-state index contributed by atoms with van der Waals surface area (Å²) in [6.07, 6.45) is 6.03. The molecular weight excluding hydrogens is 428 g/mol. The predicted molar refractivity (Wildman–Crippen MR) is 124 cm³/mol. The van der Waals surface area contributed by atoms with Crippen molar-refractivity contribution in [1.29, 1.82) is 0 Å². The van der Waals surface area contributed by atoms with Gasteiger partial charge in [-0.2, -0.15) is 0 Å². The third-order valence-electron chi connectivity index (χ3n) is 5.45. The fraction of sp³-hybridized carbons (Fsp3) is 0.286. The third kappa shape index (κ3) is 4.59. The minimum Gasteiger partial charge on any atom is -0.399 e. The molecule has 1 aliphatic heterocycles. The lowest BCUT2D eigenvalue weighted by molar-refractivity contribution is -0.123. The van der Waals surface area contributed by atoms with Crippen LogP contribution in [0.25, 0.3) is 10.6 Å². The fourth-order valence-electron chi connectivity index (χ4n) is 3.57. The van der Waals surface area contributed by atoms with Crippen molar-refractivity contribution in [3.63, 3.8) is 0 Å². The van der Waals surface area contributed by atoms with Gasteiger partial charge in [0.25, 0.3) is 5.91 Å². The number of nitrogens with zero attached hydrogens (tertiary/aromatic N) is 3. The van der Waals surface area contributed by atoms with Gasteiger partial charge in [0.15, 0.2) is 0 Å². The Morgan fingerprint density at radius 3 is 2.59 bits per heavy atom. The molecule has 2 aromatic heterocycles. The van der Waals surface area contributed by atoms with E-state index in [0.717, 1.165) is 18.7 Å². The molecule has 0 bridgehead atoms. The van der Waals surface area contributed by atoms with E-state index in [1.54, 1.807) is 43.0 Å². The number of amides is 2. The number of aromatic nitrogens is 3. The SMILES string of the molecule is CNC1(C(=O)Nc2ccc(N)cc2NC(=O)c2csc(-c3cncnc3)n2)CCNCC1. The number of rotatable bonds is 6. The van der Waals surface area contributed by atoms with Crippen molar-refractivity contribution < 1.29 is 9.59 Å². The molecule has 0 unspecified atom stereocenters. The topological polar surface area (TPSA) is 147 Å². The summed E-state index contributed by atoms with van der Waals surface area (Å²) in [6, 6.07) is 4.97. The number of anilines is 3. The minimum atomic E-state index is -0.671. The maximum Gasteiger partial charge on any atom is 0.275 e. The number of carbonyl (C=O) groups is 2. The number of hydrogen-bond donors (Lipinski definition) is 5. The molecule has 3 heterocycles. The van der Waals surface area contributed by atoms with Crippen LogP contribution in [0.3, 0.4) is 0 Å². The Labute approximate surface area is 189 Å². The second-order valence-corrected chi connectivity index (χ2v) is 8.32. The standard InChI is InChI=1S/C21H24N8O2S/c1-23-21(4-6-24-7-5-21)20(31)29-15-3-2-14(22)8-16(15)27-18(30)17-11-32-19(28-17)13-9-25-12-26-10-13/h2-3,8-12,23-24H,4-7,22H2,1H3,(H,27,30)(H,29,31). The molecule has 166 valence electrons. The summed E-state index contributed by atoms with van der Waals surface area (Å²) in [5.41, 5.74) is 7.58. The average molecular weight is 453 g/mol. The van der Waals surface area contributed by atoms with Gasteiger partial charge in [0, 0.05) is 29.0 Å². The van der Waals surface area contributed by atoms with Crippen LogP contribution in [0.5, 0.6) is 0 Å². The van der Waals surface area contributed by atoms with E-state index in [9.17, 15) is 9.59 Å². The monoisotopic (exact) mass is 452 g/mol. The molecule has 4 rings (SSSR count). The summed E-state index contributed by atoms with van der Waals surface area (Å²) in [7, 11) is 1.79. The van der Waals surface area contributed by atoms with Crippen LogP contribution in [-0.2, 0) is 4.79 Å². The molecule has 3 aromatic rings. The zero-order chi connectivity index (χ0) is 22.6. The van der Waals surface area contributed by atoms with Gasteiger partial charge in [-0.15, -0.1) is 11.3 Å². The number of benzene rings is 1. The second-order valence-electron chi connectivity index (χ2n) is 7.46. The van der Waals surface area contributed by atoms with E-state index in [-0.39, 0.29) is 11.6 Å². The molecule has 0 aliphatic carbocycles. The number of likely N-dealkylation sites (N-methyl/N-ethyl adjacent to an activating group) is 1. The zero-order valence-electron chi connectivity index (χ0n) is 17.5. The van der Waals surface area contributed by atoms with Crippen LogP contribution >= 0.6 is 11.3 Å². The van der Waals surface area contributed by atoms with Gasteiger partial charge in [-0.05, 0) is 51.2 Å². The molecule has 0 radical (unpaired) electrons. The quantitative estimate of drug-likeness (QED) is 0.355. The highest BCUT2D eigenvalue weighted by molar-refractivity contribution is 7.13. The van der Waals surface area contributed by atoms with Gasteiger partial charge < -0.3 is 27.0 Å². The first-order chi connectivity index (χ1) is 15.5. The van der Waals surface area contributed by atoms with Crippen molar-refractivity contribution in [2.45, 2.75) is 18.4 Å². The molecule has 1 fully saturated rings. The number of nitrogen functional groups attached to an aromatic ring is 1. The molecule has 6 N–H and O–H groups in total. The van der Waals surface area contributed by atoms with Gasteiger partial charge in [0.05, 0.1) is 11.4 Å². The second kappa shape index (κ2) is 9.39. The van der Waals surface area contributed by atoms with Gasteiger partial charge in [-0.25, -0.2) is 15.0 Å². The summed E-state index contributed by atoms with van der Waals surface area (Å²) in [4.78, 5) is 38.3. The van der Waals surface area contributed by atoms with Crippen LogP contribution in [-0.4, -0.2) is 52.4 Å². The zero-order valence-corrected chi connectivity index (χ0v) is 18.3. The number of nitrogens with two attached hydrogens (primary N) is 1. The molecule has 0 atom stereocenters. The van der Waals surface area contributed by atoms with Gasteiger partial charge in [0.1, 0.15) is 22.6 Å². The molecule has 2 amide bonds. The van der Waals surface area contributed by atoms with Crippen molar-refractivity contribution in [2.75, 3.05) is 36.5 Å². The van der Waals surface area contributed by atoms with E-state index >= 15 is 0 Å². The largest absolute Gasteiger partial charge is 0.399 e. The maximum absolute atomic E-state index is 13.1. The van der Waals surface area contributed by atoms with E-state index in [1.165, 1.54) is 17.7 Å². The minimum absolute atomic E-state index is 0.151. The summed E-state index contributed by atoms with van der Waals surface area (Å²) >= 11 is 1.32. The highest BCUT2D eigenvalue weighted by Gasteiger charge is 2.38. The molecule has 11 heteroatoms. The maximum atomic E-state index is 13.1. The fourth-order valence-corrected chi connectivity index (χ4v) is 4.34. The molecule has 0 spiro atoms. The highest BCUT2D eigenvalue weighted by atomic mass is 32.1. The van der Waals surface area contributed by atoms with Crippen LogP contribution in [0.15, 0.2) is 42.3 Å². The van der Waals surface area contributed by atoms with Gasteiger partial charge >= 0.3 is 0 Å². The van der Waals surface area contributed by atoms with Crippen LogP contribution in [0, 0.1) is 0 Å². The lowest BCUT2D eigenvalue weighted by atomic mass is 9.87. The third-order valence-corrected chi connectivity index (χ3v) is 6.35. The van der Waals surface area contributed by atoms with E-state index in [4.69, 9.17) is 5.73 Å². The smallest absolute Gasteiger partial charge is 0.275 e. The lowest BCUT2D eigenvalue weighted by Gasteiger charge is -2.36. The highest BCUT2D eigenvalue weighted by Crippen LogP contribution is 2.29. The number of carbonyl (C=O) groups excluding carboxylic acids is 2. The summed E-state index contributed by atoms with van der Waals surface area (Å²) in [5, 5.41) is 14.5. The molecule has 1 saturated heterocycles. The van der Waals surface area contributed by atoms with Crippen LogP contribution < -0.4 is 27.0 Å². The van der Waals surface area contributed by atoms with Gasteiger partial charge in [-0.3, -0.25) is 9.59 Å². The van der Waals surface area contributed by atoms with E-state index in [0.29, 0.717) is 34.9 Å². The summed E-state index contributed by atoms with van der Waals surface area (Å²) in [6.45, 7) is 1.50. The van der Waals surface area contributed by atoms with Crippen LogP contribution in [0.2, 0.25) is 0 Å². The number of thiazole rings is 1. The number of nitrogens with one attached hydrogen (secondary N) is 4. The average Bonchev–Trinajstić information content (AvgIpc) is 3.32. The lowest BCUT2D eigenvalue weighted by Crippen LogP contribution is -2.58. The van der Waals surface area contributed by atoms with Crippen molar-refractivity contribution in [3.8, 4) is 10.6 Å². The van der Waals surface area contributed by atoms with Crippen LogP contribution in [0.1, 0.15) is 23.3 Å². The first kappa shape index (κ1) is 21.8. The molecule has 32 heavy (non-hydrogen) atoms. The summed E-state index contributed by atoms with van der Waals surface area (Å²) in [5.74, 6) is -0.558. The molecule has 1 aliphatic rings. The Hall–Kier alpha value is -3.41. The van der Waals surface area contributed by atoms with Gasteiger partial charge in [0.2, 0.25) is 5.91 Å². The Morgan fingerprint density at radius 1 is 1.12 bits per heavy atom. The Kier molecular flexibility index (Phi) is 6.40. The summed E-state index contributed by atoms with van der Waals surface area (Å²) < 4.78 is 0. The van der Waals surface area contributed by atoms with Crippen molar-refractivity contribution in [1.82, 2.24) is 25.6 Å². The Balaban J connectivity index is 1.53. The molecule has 10 nitrogen and oxygen atoms in total. The Morgan fingerprint density at radius 2 is 1.88 bits per heavy atom. The van der Waals surface area contributed by atoms with Crippen molar-refractivity contribution in [3.05, 3.63) is 48.0 Å². The normalized spacial score (nSPS) is 15.2. The first-order valence-corrected chi connectivity index (χ1v) is 11.0. The van der Waals surface area contributed by atoms with Crippen molar-refractivity contribution >= 4 is 40.2 Å². The first-order valence-electron chi connectivity index (χ1n) is 10.1.